The fourth-order valence-electron chi connectivity index (χ4n) is 1.72. The fourth-order valence-corrected chi connectivity index (χ4v) is 1.86. The minimum absolute atomic E-state index is 0.000314. The summed E-state index contributed by atoms with van der Waals surface area (Å²) in [5.41, 5.74) is 1.87. The number of phenols is 1. The first kappa shape index (κ1) is 9.34. The quantitative estimate of drug-likeness (QED) is 0.716. The average Bonchev–Trinajstić information content (AvgIpc) is 2.59. The first-order valence-corrected chi connectivity index (χ1v) is 4.94. The lowest BCUT2D eigenvalue weighted by atomic mass is 10.1. The molecule has 1 heterocycles. The SMILES string of the molecule is O=C(CCl)N1CCc2cc(O)ccc21. The van der Waals surface area contributed by atoms with E-state index < -0.39 is 0 Å². The number of hydrogen-bond donors (Lipinski definition) is 1. The monoisotopic (exact) mass is 211 g/mol. The molecule has 0 aliphatic carbocycles. The standard InChI is InChI=1S/C10H10ClNO2/c11-6-10(14)12-4-3-7-5-8(13)1-2-9(7)12/h1-2,5,13H,3-4,6H2. The summed E-state index contributed by atoms with van der Waals surface area (Å²) in [4.78, 5) is 13.0. The third kappa shape index (κ3) is 1.44. The zero-order valence-electron chi connectivity index (χ0n) is 7.53. The van der Waals surface area contributed by atoms with Gasteiger partial charge in [-0.3, -0.25) is 4.79 Å². The highest BCUT2D eigenvalue weighted by atomic mass is 35.5. The molecule has 1 amide bonds. The van der Waals surface area contributed by atoms with E-state index in [1.807, 2.05) is 0 Å². The third-order valence-corrected chi connectivity index (χ3v) is 2.60. The van der Waals surface area contributed by atoms with Crippen LogP contribution in [0.5, 0.6) is 5.75 Å². The Bertz CT molecular complexity index is 378. The second-order valence-electron chi connectivity index (χ2n) is 3.24. The van der Waals surface area contributed by atoms with E-state index in [0.717, 1.165) is 17.7 Å². The van der Waals surface area contributed by atoms with Gasteiger partial charge in [0, 0.05) is 12.2 Å². The molecule has 0 saturated heterocycles. The number of carbonyl (C=O) groups excluding carboxylic acids is 1. The number of fused-ring (bicyclic) bond motifs is 1. The molecule has 0 aromatic heterocycles. The average molecular weight is 212 g/mol. The molecular weight excluding hydrogens is 202 g/mol. The van der Waals surface area contributed by atoms with E-state index >= 15 is 0 Å². The lowest BCUT2D eigenvalue weighted by Gasteiger charge is -2.15. The maximum absolute atomic E-state index is 11.4. The number of amides is 1. The highest BCUT2D eigenvalue weighted by Crippen LogP contribution is 2.30. The van der Waals surface area contributed by atoms with Crippen molar-refractivity contribution in [2.45, 2.75) is 6.42 Å². The molecule has 0 atom stereocenters. The maximum Gasteiger partial charge on any atom is 0.241 e. The number of carbonyl (C=O) groups is 1. The normalized spacial score (nSPS) is 14.2. The molecule has 3 nitrogen and oxygen atoms in total. The van der Waals surface area contributed by atoms with Gasteiger partial charge in [0.05, 0.1) is 0 Å². The number of alkyl halides is 1. The molecule has 1 N–H and O–H groups in total. The first-order valence-electron chi connectivity index (χ1n) is 4.40. The van der Waals surface area contributed by atoms with Gasteiger partial charge < -0.3 is 10.0 Å². The van der Waals surface area contributed by atoms with Crippen molar-refractivity contribution in [3.8, 4) is 5.75 Å². The zero-order chi connectivity index (χ0) is 10.1. The number of phenolic OH excluding ortho intramolecular Hbond substituents is 1. The number of benzene rings is 1. The third-order valence-electron chi connectivity index (χ3n) is 2.37. The molecule has 2 rings (SSSR count). The van der Waals surface area contributed by atoms with Crippen LogP contribution in [0.1, 0.15) is 5.56 Å². The van der Waals surface area contributed by atoms with Crippen molar-refractivity contribution in [1.29, 1.82) is 0 Å². The van der Waals surface area contributed by atoms with E-state index in [0.29, 0.717) is 6.54 Å². The minimum Gasteiger partial charge on any atom is -0.508 e. The van der Waals surface area contributed by atoms with Gasteiger partial charge in [-0.05, 0) is 30.2 Å². The Kier molecular flexibility index (Phi) is 2.33. The highest BCUT2D eigenvalue weighted by molar-refractivity contribution is 6.29. The van der Waals surface area contributed by atoms with Crippen LogP contribution in [0.3, 0.4) is 0 Å². The van der Waals surface area contributed by atoms with Gasteiger partial charge in [0.15, 0.2) is 0 Å². The van der Waals surface area contributed by atoms with E-state index in [1.54, 1.807) is 23.1 Å². The van der Waals surface area contributed by atoms with Crippen LogP contribution in [0.4, 0.5) is 5.69 Å². The summed E-state index contributed by atoms with van der Waals surface area (Å²) in [5, 5.41) is 9.25. The van der Waals surface area contributed by atoms with Gasteiger partial charge in [-0.1, -0.05) is 0 Å². The summed E-state index contributed by atoms with van der Waals surface area (Å²) in [6.45, 7) is 0.657. The van der Waals surface area contributed by atoms with E-state index in [1.165, 1.54) is 0 Å². The van der Waals surface area contributed by atoms with Crippen LogP contribution < -0.4 is 4.90 Å². The first-order chi connectivity index (χ1) is 6.72. The van der Waals surface area contributed by atoms with Crippen LogP contribution in [0, 0.1) is 0 Å². The van der Waals surface area contributed by atoms with Crippen LogP contribution in [-0.2, 0) is 11.2 Å². The maximum atomic E-state index is 11.4. The molecule has 1 aliphatic heterocycles. The van der Waals surface area contributed by atoms with Crippen molar-refractivity contribution in [3.05, 3.63) is 23.8 Å². The Morgan fingerprint density at radius 3 is 3.07 bits per heavy atom. The van der Waals surface area contributed by atoms with Crippen molar-refractivity contribution >= 4 is 23.2 Å². The summed E-state index contributed by atoms with van der Waals surface area (Å²) in [5.74, 6) is 0.153. The number of nitrogens with zero attached hydrogens (tertiary/aromatic N) is 1. The van der Waals surface area contributed by atoms with Gasteiger partial charge in [-0.15, -0.1) is 11.6 Å². The molecule has 4 heteroatoms. The minimum atomic E-state index is -0.0869. The van der Waals surface area contributed by atoms with Gasteiger partial charge in [0.1, 0.15) is 11.6 Å². The van der Waals surface area contributed by atoms with Crippen LogP contribution >= 0.6 is 11.6 Å². The Morgan fingerprint density at radius 2 is 2.36 bits per heavy atom. The zero-order valence-corrected chi connectivity index (χ0v) is 8.29. The van der Waals surface area contributed by atoms with E-state index in [2.05, 4.69) is 0 Å². The number of rotatable bonds is 1. The van der Waals surface area contributed by atoms with E-state index in [9.17, 15) is 9.90 Å². The van der Waals surface area contributed by atoms with Crippen molar-refractivity contribution in [2.24, 2.45) is 0 Å². The number of hydrogen-bond acceptors (Lipinski definition) is 2. The Morgan fingerprint density at radius 1 is 1.57 bits per heavy atom. The molecule has 14 heavy (non-hydrogen) atoms. The van der Waals surface area contributed by atoms with E-state index in [-0.39, 0.29) is 17.5 Å². The van der Waals surface area contributed by atoms with Gasteiger partial charge >= 0.3 is 0 Å². The summed E-state index contributed by atoms with van der Waals surface area (Å²) in [6.07, 6.45) is 0.784. The van der Waals surface area contributed by atoms with Crippen LogP contribution in [-0.4, -0.2) is 23.4 Å². The Balaban J connectivity index is 2.35. The molecule has 0 fully saturated rings. The largest absolute Gasteiger partial charge is 0.508 e. The molecule has 0 spiro atoms. The predicted octanol–water partition coefficient (Wildman–Crippen LogP) is 1.52. The predicted molar refractivity (Wildman–Crippen MR) is 54.9 cm³/mol. The van der Waals surface area contributed by atoms with Crippen molar-refractivity contribution in [1.82, 2.24) is 0 Å². The molecule has 0 unspecified atom stereocenters. The highest BCUT2D eigenvalue weighted by Gasteiger charge is 2.23. The summed E-state index contributed by atoms with van der Waals surface area (Å²) >= 11 is 5.49. The topological polar surface area (TPSA) is 40.5 Å². The molecule has 1 aliphatic rings. The lowest BCUT2D eigenvalue weighted by molar-refractivity contribution is -0.116. The van der Waals surface area contributed by atoms with Crippen LogP contribution in [0.15, 0.2) is 18.2 Å². The van der Waals surface area contributed by atoms with Crippen LogP contribution in [0.2, 0.25) is 0 Å². The number of anilines is 1. The number of halogens is 1. The lowest BCUT2D eigenvalue weighted by Crippen LogP contribution is -2.29. The molecular formula is C10H10ClNO2. The molecule has 1 aromatic rings. The summed E-state index contributed by atoms with van der Waals surface area (Å²) in [6, 6.07) is 5.03. The van der Waals surface area contributed by atoms with Gasteiger partial charge in [0.25, 0.3) is 0 Å². The molecule has 74 valence electrons. The Hall–Kier alpha value is -1.22. The number of aromatic hydroxyl groups is 1. The van der Waals surface area contributed by atoms with E-state index in [4.69, 9.17) is 11.6 Å². The molecule has 0 radical (unpaired) electrons. The van der Waals surface area contributed by atoms with Gasteiger partial charge in [-0.25, -0.2) is 0 Å². The second kappa shape index (κ2) is 3.50. The van der Waals surface area contributed by atoms with Crippen molar-refractivity contribution in [2.75, 3.05) is 17.3 Å². The van der Waals surface area contributed by atoms with Crippen LogP contribution in [0.25, 0.3) is 0 Å². The summed E-state index contributed by atoms with van der Waals surface area (Å²) < 4.78 is 0. The second-order valence-corrected chi connectivity index (χ2v) is 3.51. The summed E-state index contributed by atoms with van der Waals surface area (Å²) in [7, 11) is 0. The van der Waals surface area contributed by atoms with Crippen molar-refractivity contribution < 1.29 is 9.90 Å². The van der Waals surface area contributed by atoms with Gasteiger partial charge in [-0.2, -0.15) is 0 Å². The molecule has 0 bridgehead atoms. The van der Waals surface area contributed by atoms with Gasteiger partial charge in [0.2, 0.25) is 5.91 Å². The smallest absolute Gasteiger partial charge is 0.241 e. The fraction of sp³-hybridized carbons (Fsp3) is 0.300. The molecule has 0 saturated carbocycles. The molecule has 1 aromatic carbocycles. The Labute approximate surface area is 86.9 Å². The van der Waals surface area contributed by atoms with Crippen molar-refractivity contribution in [3.63, 3.8) is 0 Å².